The predicted octanol–water partition coefficient (Wildman–Crippen LogP) is 3.41. The third-order valence-electron chi connectivity index (χ3n) is 4.87. The maximum Gasteiger partial charge on any atom is 0.306 e. The lowest BCUT2D eigenvalue weighted by Gasteiger charge is -2.19. The van der Waals surface area contributed by atoms with Gasteiger partial charge in [0.1, 0.15) is 5.82 Å². The number of benzene rings is 1. The highest BCUT2D eigenvalue weighted by Crippen LogP contribution is 2.26. The molecule has 3 rings (SSSR count). The molecule has 2 heterocycles. The Labute approximate surface area is 163 Å². The van der Waals surface area contributed by atoms with Crippen LogP contribution in [-0.2, 0) is 6.42 Å². The van der Waals surface area contributed by atoms with Gasteiger partial charge in [-0.3, -0.25) is 10.1 Å². The van der Waals surface area contributed by atoms with Gasteiger partial charge in [0, 0.05) is 42.6 Å². The first kappa shape index (κ1) is 19.9. The summed E-state index contributed by atoms with van der Waals surface area (Å²) >= 11 is 0. The number of nitrogens with one attached hydrogen (secondary N) is 2. The lowest BCUT2D eigenvalue weighted by molar-refractivity contribution is -0.387. The molecule has 9 heteroatoms. The van der Waals surface area contributed by atoms with Gasteiger partial charge in [-0.05, 0) is 38.4 Å². The second-order valence-corrected chi connectivity index (χ2v) is 6.91. The molecule has 0 saturated carbocycles. The van der Waals surface area contributed by atoms with Gasteiger partial charge >= 0.3 is 5.69 Å². The van der Waals surface area contributed by atoms with Crippen molar-refractivity contribution < 1.29 is 9.31 Å². The molecule has 0 radical (unpaired) electrons. The number of nitro benzene ring substituents is 1. The van der Waals surface area contributed by atoms with Crippen LogP contribution in [0.3, 0.4) is 0 Å². The molecular weight excluding hydrogens is 363 g/mol. The molecule has 1 atom stereocenters. The number of hydrogen-bond donors (Lipinski definition) is 2. The quantitative estimate of drug-likeness (QED) is 0.528. The summed E-state index contributed by atoms with van der Waals surface area (Å²) in [4.78, 5) is 21.6. The average molecular weight is 388 g/mol. The number of aryl methyl sites for hydroxylation is 1. The molecule has 28 heavy (non-hydrogen) atoms. The fourth-order valence-corrected chi connectivity index (χ4v) is 3.25. The van der Waals surface area contributed by atoms with Gasteiger partial charge in [-0.2, -0.15) is 9.37 Å². The lowest BCUT2D eigenvalue weighted by atomic mass is 10.2. The van der Waals surface area contributed by atoms with Crippen LogP contribution in [0.1, 0.15) is 31.9 Å². The molecular formula is C19H25FN6O2. The van der Waals surface area contributed by atoms with E-state index >= 15 is 0 Å². The normalized spacial score (nSPS) is 16.4. The average Bonchev–Trinajstić information content (AvgIpc) is 3.17. The first-order valence-corrected chi connectivity index (χ1v) is 9.51. The van der Waals surface area contributed by atoms with Crippen molar-refractivity contribution in [2.45, 2.75) is 38.6 Å². The lowest BCUT2D eigenvalue weighted by Crippen LogP contribution is -2.30. The Morgan fingerprint density at radius 2 is 2.18 bits per heavy atom. The molecule has 2 aromatic rings. The van der Waals surface area contributed by atoms with Gasteiger partial charge in [-0.1, -0.05) is 13.3 Å². The zero-order valence-electron chi connectivity index (χ0n) is 16.1. The minimum absolute atomic E-state index is 0.359. The molecule has 0 aliphatic carbocycles. The molecule has 1 aliphatic heterocycles. The Hall–Kier alpha value is -2.81. The zero-order valence-corrected chi connectivity index (χ0v) is 16.1. The largest absolute Gasteiger partial charge is 0.355 e. The second kappa shape index (κ2) is 8.92. The van der Waals surface area contributed by atoms with E-state index in [9.17, 15) is 14.5 Å². The van der Waals surface area contributed by atoms with Crippen LogP contribution in [0.4, 0.5) is 27.5 Å². The van der Waals surface area contributed by atoms with E-state index in [-0.39, 0.29) is 0 Å². The zero-order chi connectivity index (χ0) is 20.1. The molecule has 150 valence electrons. The molecule has 8 nitrogen and oxygen atoms in total. The van der Waals surface area contributed by atoms with Crippen LogP contribution in [0.25, 0.3) is 0 Å². The summed E-state index contributed by atoms with van der Waals surface area (Å²) in [5.41, 5.74) is 0.712. The molecule has 0 bridgehead atoms. The summed E-state index contributed by atoms with van der Waals surface area (Å²) in [6, 6.07) is 6.10. The number of likely N-dealkylation sites (N-methyl/N-ethyl adjacent to an activating group) is 1. The van der Waals surface area contributed by atoms with Crippen molar-refractivity contribution in [3.05, 3.63) is 45.9 Å². The summed E-state index contributed by atoms with van der Waals surface area (Å²) in [5.74, 6) is 0.319. The van der Waals surface area contributed by atoms with E-state index in [1.54, 1.807) is 0 Å². The van der Waals surface area contributed by atoms with E-state index in [1.165, 1.54) is 6.07 Å². The molecule has 0 spiro atoms. The van der Waals surface area contributed by atoms with Gasteiger partial charge < -0.3 is 15.5 Å². The Bertz CT molecular complexity index is 847. The van der Waals surface area contributed by atoms with Crippen molar-refractivity contribution in [1.82, 2.24) is 15.3 Å². The van der Waals surface area contributed by atoms with Crippen molar-refractivity contribution in [2.24, 2.45) is 0 Å². The van der Waals surface area contributed by atoms with Crippen LogP contribution in [-0.4, -0.2) is 41.1 Å². The van der Waals surface area contributed by atoms with Crippen LogP contribution in [0, 0.1) is 15.9 Å². The van der Waals surface area contributed by atoms with Crippen LogP contribution < -0.4 is 15.5 Å². The van der Waals surface area contributed by atoms with Crippen molar-refractivity contribution in [3.8, 4) is 0 Å². The monoisotopic (exact) mass is 388 g/mol. The Kier molecular flexibility index (Phi) is 6.35. The minimum atomic E-state index is -0.871. The highest BCUT2D eigenvalue weighted by Gasteiger charge is 2.23. The number of nitrogens with zero attached hydrogens (tertiary/aromatic N) is 4. The predicted molar refractivity (Wildman–Crippen MR) is 107 cm³/mol. The first-order valence-electron chi connectivity index (χ1n) is 9.51. The maximum absolute atomic E-state index is 13.6. The first-order chi connectivity index (χ1) is 13.5. The van der Waals surface area contributed by atoms with Crippen LogP contribution in [0.15, 0.2) is 24.3 Å². The number of rotatable bonds is 8. The highest BCUT2D eigenvalue weighted by atomic mass is 19.1. The SMILES string of the molecule is CCCCc1cc(N2CC[C@H](NC)C2)nc(Nc2ccc(F)c([N+](=O)[O-])c2)n1. The number of hydrogen-bond acceptors (Lipinski definition) is 7. The van der Waals surface area contributed by atoms with E-state index in [2.05, 4.69) is 32.4 Å². The molecule has 1 saturated heterocycles. The number of nitro groups is 1. The van der Waals surface area contributed by atoms with Crippen molar-refractivity contribution in [2.75, 3.05) is 30.4 Å². The topological polar surface area (TPSA) is 96.2 Å². The van der Waals surface area contributed by atoms with Gasteiger partial charge in [0.25, 0.3) is 0 Å². The van der Waals surface area contributed by atoms with Crippen LogP contribution in [0.2, 0.25) is 0 Å². The number of unbranched alkanes of at least 4 members (excludes halogenated alkanes) is 1. The summed E-state index contributed by atoms with van der Waals surface area (Å²) in [5, 5.41) is 17.3. The van der Waals surface area contributed by atoms with Gasteiger partial charge in [0.15, 0.2) is 0 Å². The van der Waals surface area contributed by atoms with E-state index in [0.29, 0.717) is 17.7 Å². The van der Waals surface area contributed by atoms with E-state index < -0.39 is 16.4 Å². The Morgan fingerprint density at radius 3 is 2.86 bits per heavy atom. The standard InChI is InChI=1S/C19H25FN6O2/c1-3-4-5-13-11-18(25-9-8-15(12-25)21-2)24-19(22-13)23-14-6-7-16(20)17(10-14)26(27)28/h6-7,10-11,15,21H,3-5,8-9,12H2,1-2H3,(H,22,23,24)/t15-/m0/s1. The number of anilines is 3. The fourth-order valence-electron chi connectivity index (χ4n) is 3.25. The minimum Gasteiger partial charge on any atom is -0.355 e. The van der Waals surface area contributed by atoms with Gasteiger partial charge in [0.05, 0.1) is 4.92 Å². The summed E-state index contributed by atoms with van der Waals surface area (Å²) in [7, 11) is 1.95. The molecule has 1 aliphatic rings. The van der Waals surface area contributed by atoms with Crippen LogP contribution >= 0.6 is 0 Å². The molecule has 2 N–H and O–H groups in total. The third-order valence-corrected chi connectivity index (χ3v) is 4.87. The summed E-state index contributed by atoms with van der Waals surface area (Å²) in [6.45, 7) is 3.89. The molecule has 1 aromatic carbocycles. The summed E-state index contributed by atoms with van der Waals surface area (Å²) in [6.07, 6.45) is 3.93. The van der Waals surface area contributed by atoms with Crippen molar-refractivity contribution in [3.63, 3.8) is 0 Å². The number of aromatic nitrogens is 2. The second-order valence-electron chi connectivity index (χ2n) is 6.91. The molecule has 0 unspecified atom stereocenters. The Morgan fingerprint density at radius 1 is 1.36 bits per heavy atom. The van der Waals surface area contributed by atoms with Crippen LogP contribution in [0.5, 0.6) is 0 Å². The van der Waals surface area contributed by atoms with Gasteiger partial charge in [0.2, 0.25) is 11.8 Å². The Balaban J connectivity index is 1.88. The smallest absolute Gasteiger partial charge is 0.306 e. The fraction of sp³-hybridized carbons (Fsp3) is 0.474. The molecule has 1 fully saturated rings. The number of halogens is 1. The van der Waals surface area contributed by atoms with E-state index in [0.717, 1.165) is 62.4 Å². The third kappa shape index (κ3) is 4.72. The molecule has 0 amide bonds. The van der Waals surface area contributed by atoms with Crippen molar-refractivity contribution in [1.29, 1.82) is 0 Å². The van der Waals surface area contributed by atoms with E-state index in [4.69, 9.17) is 0 Å². The maximum atomic E-state index is 13.6. The highest BCUT2D eigenvalue weighted by molar-refractivity contribution is 5.59. The molecule has 1 aromatic heterocycles. The van der Waals surface area contributed by atoms with E-state index in [1.807, 2.05) is 13.1 Å². The summed E-state index contributed by atoms with van der Waals surface area (Å²) < 4.78 is 13.6. The van der Waals surface area contributed by atoms with Gasteiger partial charge in [-0.15, -0.1) is 0 Å². The van der Waals surface area contributed by atoms with Gasteiger partial charge in [-0.25, -0.2) is 4.98 Å². The van der Waals surface area contributed by atoms with Crippen molar-refractivity contribution >= 4 is 23.1 Å².